The molecule has 0 aromatic carbocycles. The number of rotatable bonds is 5. The molecule has 0 aliphatic carbocycles. The number of hydrazine groups is 1. The molecule has 18 heavy (non-hydrogen) atoms. The summed E-state index contributed by atoms with van der Waals surface area (Å²) in [6.07, 6.45) is 5.60. The van der Waals surface area contributed by atoms with E-state index < -0.39 is 0 Å². The van der Waals surface area contributed by atoms with E-state index in [0.717, 1.165) is 28.4 Å². The molecule has 0 fully saturated rings. The average molecular weight is 262 g/mol. The van der Waals surface area contributed by atoms with Crippen LogP contribution in [0.2, 0.25) is 0 Å². The van der Waals surface area contributed by atoms with Gasteiger partial charge in [-0.25, -0.2) is 4.98 Å². The van der Waals surface area contributed by atoms with E-state index in [4.69, 9.17) is 5.84 Å². The second kappa shape index (κ2) is 6.04. The van der Waals surface area contributed by atoms with Crippen LogP contribution in [0.4, 0.5) is 0 Å². The van der Waals surface area contributed by atoms with Crippen LogP contribution in [0.3, 0.4) is 0 Å². The predicted molar refractivity (Wildman–Crippen MR) is 74.2 cm³/mol. The summed E-state index contributed by atoms with van der Waals surface area (Å²) in [4.78, 5) is 9.86. The summed E-state index contributed by atoms with van der Waals surface area (Å²) in [6, 6.07) is 4.27. The standard InChI is InChI=1S/C13H18N4S/c1-3-10-4-5-11(16-7-10)6-12(17-14)13-8-15-9(2)18-13/h4-5,7-8,12,17H,3,6,14H2,1-2H3. The first-order chi connectivity index (χ1) is 8.72. The van der Waals surface area contributed by atoms with E-state index in [-0.39, 0.29) is 6.04 Å². The van der Waals surface area contributed by atoms with Crippen LogP contribution in [-0.4, -0.2) is 9.97 Å². The summed E-state index contributed by atoms with van der Waals surface area (Å²) in [6.45, 7) is 4.12. The topological polar surface area (TPSA) is 63.8 Å². The number of pyridine rings is 1. The molecule has 3 N–H and O–H groups in total. The van der Waals surface area contributed by atoms with Crippen molar-refractivity contribution in [2.24, 2.45) is 5.84 Å². The average Bonchev–Trinajstić information content (AvgIpc) is 2.83. The number of aromatic nitrogens is 2. The Morgan fingerprint density at radius 1 is 1.33 bits per heavy atom. The first kappa shape index (κ1) is 13.1. The Labute approximate surface area is 111 Å². The van der Waals surface area contributed by atoms with Crippen molar-refractivity contribution in [3.63, 3.8) is 0 Å². The van der Waals surface area contributed by atoms with E-state index in [1.807, 2.05) is 19.3 Å². The van der Waals surface area contributed by atoms with E-state index in [2.05, 4.69) is 34.5 Å². The SMILES string of the molecule is CCc1ccc(CC(NN)c2cnc(C)s2)nc1. The lowest BCUT2D eigenvalue weighted by molar-refractivity contribution is 0.553. The Morgan fingerprint density at radius 3 is 2.67 bits per heavy atom. The van der Waals surface area contributed by atoms with Crippen LogP contribution in [0.1, 0.15) is 34.1 Å². The van der Waals surface area contributed by atoms with E-state index in [9.17, 15) is 0 Å². The normalized spacial score (nSPS) is 12.6. The molecule has 0 aliphatic heterocycles. The third kappa shape index (κ3) is 3.13. The minimum absolute atomic E-state index is 0.0798. The molecule has 0 spiro atoms. The third-order valence-electron chi connectivity index (χ3n) is 2.89. The number of aryl methyl sites for hydroxylation is 2. The number of thiazole rings is 1. The zero-order valence-corrected chi connectivity index (χ0v) is 11.5. The van der Waals surface area contributed by atoms with Gasteiger partial charge in [0.05, 0.1) is 11.0 Å². The molecule has 2 rings (SSSR count). The summed E-state index contributed by atoms with van der Waals surface area (Å²) in [7, 11) is 0. The van der Waals surface area contributed by atoms with Crippen LogP contribution in [0.15, 0.2) is 24.5 Å². The number of hydrogen-bond donors (Lipinski definition) is 2. The van der Waals surface area contributed by atoms with Crippen LogP contribution < -0.4 is 11.3 Å². The summed E-state index contributed by atoms with van der Waals surface area (Å²) in [5.74, 6) is 5.62. The van der Waals surface area contributed by atoms with Gasteiger partial charge in [0.25, 0.3) is 0 Å². The monoisotopic (exact) mass is 262 g/mol. The highest BCUT2D eigenvalue weighted by molar-refractivity contribution is 7.11. The van der Waals surface area contributed by atoms with E-state index >= 15 is 0 Å². The second-order valence-electron chi connectivity index (χ2n) is 4.22. The van der Waals surface area contributed by atoms with Gasteiger partial charge in [0.15, 0.2) is 0 Å². The number of nitrogens with one attached hydrogen (secondary N) is 1. The van der Waals surface area contributed by atoms with Crippen molar-refractivity contribution < 1.29 is 0 Å². The first-order valence-corrected chi connectivity index (χ1v) is 6.86. The van der Waals surface area contributed by atoms with Crippen LogP contribution >= 0.6 is 11.3 Å². The van der Waals surface area contributed by atoms with Gasteiger partial charge in [0, 0.05) is 29.4 Å². The van der Waals surface area contributed by atoms with E-state index in [0.29, 0.717) is 0 Å². The minimum atomic E-state index is 0.0798. The van der Waals surface area contributed by atoms with Gasteiger partial charge in [0.1, 0.15) is 0 Å². The molecule has 0 aliphatic rings. The summed E-state index contributed by atoms with van der Waals surface area (Å²) in [5.41, 5.74) is 5.14. The molecular weight excluding hydrogens is 244 g/mol. The maximum Gasteiger partial charge on any atom is 0.0897 e. The highest BCUT2D eigenvalue weighted by Gasteiger charge is 2.13. The molecule has 0 saturated carbocycles. The van der Waals surface area contributed by atoms with E-state index in [1.165, 1.54) is 5.56 Å². The Bertz CT molecular complexity index is 492. The number of nitrogens with zero attached hydrogens (tertiary/aromatic N) is 2. The van der Waals surface area contributed by atoms with Gasteiger partial charge in [-0.05, 0) is 25.0 Å². The molecule has 0 radical (unpaired) electrons. The van der Waals surface area contributed by atoms with Crippen LogP contribution in [0, 0.1) is 6.92 Å². The molecule has 1 unspecified atom stereocenters. The lowest BCUT2D eigenvalue weighted by atomic mass is 10.1. The van der Waals surface area contributed by atoms with Crippen molar-refractivity contribution in [1.29, 1.82) is 0 Å². The summed E-state index contributed by atoms with van der Waals surface area (Å²) >= 11 is 1.67. The second-order valence-corrected chi connectivity index (χ2v) is 5.48. The molecule has 4 nitrogen and oxygen atoms in total. The van der Waals surface area contributed by atoms with Crippen LogP contribution in [0.25, 0.3) is 0 Å². The largest absolute Gasteiger partial charge is 0.271 e. The smallest absolute Gasteiger partial charge is 0.0897 e. The number of nitrogens with two attached hydrogens (primary N) is 1. The molecule has 0 saturated heterocycles. The molecule has 5 heteroatoms. The molecule has 2 heterocycles. The van der Waals surface area contributed by atoms with Gasteiger partial charge in [-0.1, -0.05) is 13.0 Å². The van der Waals surface area contributed by atoms with Crippen molar-refractivity contribution in [2.45, 2.75) is 32.7 Å². The van der Waals surface area contributed by atoms with Gasteiger partial charge in [-0.2, -0.15) is 0 Å². The maximum atomic E-state index is 5.62. The van der Waals surface area contributed by atoms with Crippen LogP contribution in [-0.2, 0) is 12.8 Å². The van der Waals surface area contributed by atoms with Gasteiger partial charge >= 0.3 is 0 Å². The van der Waals surface area contributed by atoms with Crippen molar-refractivity contribution in [3.8, 4) is 0 Å². The first-order valence-electron chi connectivity index (χ1n) is 6.05. The lowest BCUT2D eigenvalue weighted by Gasteiger charge is -2.13. The fraction of sp³-hybridized carbons (Fsp3) is 0.385. The fourth-order valence-corrected chi connectivity index (χ4v) is 2.62. The van der Waals surface area contributed by atoms with Crippen molar-refractivity contribution in [3.05, 3.63) is 45.7 Å². The molecule has 0 bridgehead atoms. The van der Waals surface area contributed by atoms with E-state index in [1.54, 1.807) is 11.3 Å². The molecule has 2 aromatic rings. The Balaban J connectivity index is 2.10. The van der Waals surface area contributed by atoms with Gasteiger partial charge in [-0.15, -0.1) is 11.3 Å². The summed E-state index contributed by atoms with van der Waals surface area (Å²) in [5, 5.41) is 1.06. The molecule has 2 aromatic heterocycles. The van der Waals surface area contributed by atoms with Crippen molar-refractivity contribution in [1.82, 2.24) is 15.4 Å². The minimum Gasteiger partial charge on any atom is -0.271 e. The third-order valence-corrected chi connectivity index (χ3v) is 3.92. The lowest BCUT2D eigenvalue weighted by Crippen LogP contribution is -2.29. The molecule has 96 valence electrons. The molecular formula is C13H18N4S. The predicted octanol–water partition coefficient (Wildman–Crippen LogP) is 2.16. The zero-order chi connectivity index (χ0) is 13.0. The Morgan fingerprint density at radius 2 is 2.17 bits per heavy atom. The quantitative estimate of drug-likeness (QED) is 0.640. The zero-order valence-electron chi connectivity index (χ0n) is 10.7. The molecule has 1 atom stereocenters. The van der Waals surface area contributed by atoms with Gasteiger partial charge in [0.2, 0.25) is 0 Å². The van der Waals surface area contributed by atoms with Crippen molar-refractivity contribution >= 4 is 11.3 Å². The van der Waals surface area contributed by atoms with Gasteiger partial charge < -0.3 is 0 Å². The summed E-state index contributed by atoms with van der Waals surface area (Å²) < 4.78 is 0. The Kier molecular flexibility index (Phi) is 4.41. The molecule has 0 amide bonds. The highest BCUT2D eigenvalue weighted by atomic mass is 32.1. The van der Waals surface area contributed by atoms with Crippen molar-refractivity contribution in [2.75, 3.05) is 0 Å². The number of hydrogen-bond acceptors (Lipinski definition) is 5. The Hall–Kier alpha value is -1.30. The van der Waals surface area contributed by atoms with Gasteiger partial charge in [-0.3, -0.25) is 16.3 Å². The maximum absolute atomic E-state index is 5.62. The van der Waals surface area contributed by atoms with Crippen LogP contribution in [0.5, 0.6) is 0 Å². The highest BCUT2D eigenvalue weighted by Crippen LogP contribution is 2.22. The fourth-order valence-electron chi connectivity index (χ4n) is 1.77.